The van der Waals surface area contributed by atoms with Crippen LogP contribution in [0.1, 0.15) is 7.43 Å². The van der Waals surface area contributed by atoms with Crippen molar-refractivity contribution < 1.29 is 8.42 Å². The summed E-state index contributed by atoms with van der Waals surface area (Å²) in [5.41, 5.74) is 0. The van der Waals surface area contributed by atoms with Crippen molar-refractivity contribution in [2.75, 3.05) is 0 Å². The lowest BCUT2D eigenvalue weighted by atomic mass is 11.3. The fraction of sp³-hybridized carbons (Fsp3) is 0.333. The monoisotopic (exact) mass is 108 g/mol. The normalized spacial score (nSPS) is 6.83. The van der Waals surface area contributed by atoms with Gasteiger partial charge in [-0.3, -0.25) is 0 Å². The van der Waals surface area contributed by atoms with Gasteiger partial charge >= 0.3 is 0 Å². The minimum absolute atomic E-state index is 0. The molecule has 0 saturated carbocycles. The van der Waals surface area contributed by atoms with Gasteiger partial charge in [-0.15, -0.1) is 0 Å². The van der Waals surface area contributed by atoms with Crippen LogP contribution >= 0.6 is 0 Å². The molecule has 0 radical (unpaired) electrons. The van der Waals surface area contributed by atoms with Crippen LogP contribution in [0.4, 0.5) is 0 Å². The van der Waals surface area contributed by atoms with Crippen molar-refractivity contribution in [3.8, 4) is 0 Å². The van der Waals surface area contributed by atoms with Crippen LogP contribution < -0.4 is 0 Å². The zero-order chi connectivity index (χ0) is 4.28. The molecule has 0 bridgehead atoms. The number of hydrogen-bond acceptors (Lipinski definition) is 2. The van der Waals surface area contributed by atoms with Gasteiger partial charge in [0, 0.05) is 5.41 Å². The second kappa shape index (κ2) is 4.69. The molecule has 0 aromatic heterocycles. The summed E-state index contributed by atoms with van der Waals surface area (Å²) in [5, 5.41) is 0.870. The molecule has 0 unspecified atom stereocenters. The Labute approximate surface area is 39.4 Å². The maximum absolute atomic E-state index is 9.29. The standard InChI is InChI=1S/C2H4O2S.CH4/c1-2-5(3)4;/h2,5H,1H2;1H4. The molecule has 38 valence electrons. The topological polar surface area (TPSA) is 34.1 Å². The van der Waals surface area contributed by atoms with Crippen molar-refractivity contribution in [2.24, 2.45) is 0 Å². The van der Waals surface area contributed by atoms with Gasteiger partial charge in [-0.25, -0.2) is 8.42 Å². The van der Waals surface area contributed by atoms with Gasteiger partial charge in [0.05, 0.1) is 0 Å². The van der Waals surface area contributed by atoms with Crippen LogP contribution in [0.2, 0.25) is 0 Å². The van der Waals surface area contributed by atoms with E-state index in [2.05, 4.69) is 6.58 Å². The van der Waals surface area contributed by atoms with E-state index in [-0.39, 0.29) is 7.43 Å². The molecule has 0 fully saturated rings. The Morgan fingerprint density at radius 2 is 1.67 bits per heavy atom. The quantitative estimate of drug-likeness (QED) is 0.493. The predicted octanol–water partition coefficient (Wildman–Crippen LogP) is 0.377. The fourth-order valence-corrected chi connectivity index (χ4v) is 0. The van der Waals surface area contributed by atoms with Gasteiger partial charge in [-0.2, -0.15) is 0 Å². The highest BCUT2D eigenvalue weighted by atomic mass is 32.2. The van der Waals surface area contributed by atoms with Crippen molar-refractivity contribution in [1.82, 2.24) is 0 Å². The summed E-state index contributed by atoms with van der Waals surface area (Å²) in [4.78, 5) is 0. The van der Waals surface area contributed by atoms with Crippen molar-refractivity contribution in [3.63, 3.8) is 0 Å². The van der Waals surface area contributed by atoms with E-state index in [4.69, 9.17) is 0 Å². The largest absolute Gasteiger partial charge is 0.227 e. The van der Waals surface area contributed by atoms with Gasteiger partial charge in [0.1, 0.15) is 0 Å². The van der Waals surface area contributed by atoms with Gasteiger partial charge in [0.2, 0.25) is 0 Å². The molecule has 0 aromatic rings. The molecule has 0 aromatic carbocycles. The minimum atomic E-state index is -2.33. The van der Waals surface area contributed by atoms with E-state index < -0.39 is 10.7 Å². The average Bonchev–Trinajstić information content (AvgIpc) is 1.38. The van der Waals surface area contributed by atoms with Crippen LogP contribution in [0.5, 0.6) is 0 Å². The van der Waals surface area contributed by atoms with Crippen LogP contribution in [0.3, 0.4) is 0 Å². The van der Waals surface area contributed by atoms with E-state index in [0.717, 1.165) is 5.41 Å². The predicted molar refractivity (Wildman–Crippen MR) is 27.2 cm³/mol. The third-order valence-corrected chi connectivity index (χ3v) is 0.447. The molecule has 0 spiro atoms. The molecule has 0 amide bonds. The van der Waals surface area contributed by atoms with E-state index in [1.54, 1.807) is 0 Å². The first-order valence-corrected chi connectivity index (χ1v) is 2.28. The lowest BCUT2D eigenvalue weighted by Gasteiger charge is -1.49. The average molecular weight is 108 g/mol. The molecule has 0 heterocycles. The number of thiol groups is 1. The molecule has 0 atom stereocenters. The van der Waals surface area contributed by atoms with Gasteiger partial charge in [0.15, 0.2) is 10.7 Å². The lowest BCUT2D eigenvalue weighted by molar-refractivity contribution is 0.622. The number of rotatable bonds is 1. The van der Waals surface area contributed by atoms with E-state index in [0.29, 0.717) is 0 Å². The first-order chi connectivity index (χ1) is 2.27. The molecule has 3 heteroatoms. The van der Waals surface area contributed by atoms with Crippen molar-refractivity contribution in [2.45, 2.75) is 7.43 Å². The van der Waals surface area contributed by atoms with Gasteiger partial charge < -0.3 is 0 Å². The van der Waals surface area contributed by atoms with Crippen LogP contribution in [-0.4, -0.2) is 8.42 Å². The van der Waals surface area contributed by atoms with Crippen LogP contribution in [0, 0.1) is 0 Å². The fourth-order valence-electron chi connectivity index (χ4n) is 0. The molecule has 0 saturated heterocycles. The minimum Gasteiger partial charge on any atom is -0.227 e. The summed E-state index contributed by atoms with van der Waals surface area (Å²) in [5.74, 6) is 0. The molecule has 0 aliphatic carbocycles. The smallest absolute Gasteiger partial charge is 0.160 e. The van der Waals surface area contributed by atoms with Gasteiger partial charge in [0.25, 0.3) is 0 Å². The van der Waals surface area contributed by atoms with E-state index in [9.17, 15) is 8.42 Å². The second-order valence-corrected chi connectivity index (χ2v) is 1.40. The second-order valence-electron chi connectivity index (χ2n) is 0.468. The Hall–Kier alpha value is -0.310. The molecular weight excluding hydrogens is 100 g/mol. The number of hydrogen-bond donors (Lipinski definition) is 1. The Balaban J connectivity index is 0. The lowest BCUT2D eigenvalue weighted by Crippen LogP contribution is -1.54. The van der Waals surface area contributed by atoms with E-state index in [1.807, 2.05) is 0 Å². The summed E-state index contributed by atoms with van der Waals surface area (Å²) in [6.07, 6.45) is 0. The third kappa shape index (κ3) is 9.35. The van der Waals surface area contributed by atoms with Crippen LogP contribution in [0.15, 0.2) is 12.0 Å². The van der Waals surface area contributed by atoms with E-state index in [1.165, 1.54) is 0 Å². The van der Waals surface area contributed by atoms with Crippen LogP contribution in [-0.2, 0) is 10.7 Å². The highest BCUT2D eigenvalue weighted by molar-refractivity contribution is 7.75. The molecule has 0 N–H and O–H groups in total. The Bertz CT molecular complexity index is 85.0. The zero-order valence-corrected chi connectivity index (χ0v) is 3.44. The first-order valence-electron chi connectivity index (χ1n) is 1.03. The van der Waals surface area contributed by atoms with Crippen LogP contribution in [0.25, 0.3) is 0 Å². The summed E-state index contributed by atoms with van der Waals surface area (Å²) in [6.45, 7) is 2.96. The maximum atomic E-state index is 9.29. The zero-order valence-electron chi connectivity index (χ0n) is 2.55. The Morgan fingerprint density at radius 3 is 1.67 bits per heavy atom. The SMILES string of the molecule is C.C=C[SH](=O)=O. The molecule has 6 heavy (non-hydrogen) atoms. The van der Waals surface area contributed by atoms with Gasteiger partial charge in [-0.1, -0.05) is 14.0 Å². The van der Waals surface area contributed by atoms with Gasteiger partial charge in [-0.05, 0) is 0 Å². The molecule has 2 nitrogen and oxygen atoms in total. The van der Waals surface area contributed by atoms with Crippen molar-refractivity contribution in [3.05, 3.63) is 12.0 Å². The molecular formula is C3H8O2S. The van der Waals surface area contributed by atoms with Crippen molar-refractivity contribution in [1.29, 1.82) is 0 Å². The highest BCUT2D eigenvalue weighted by Crippen LogP contribution is 1.53. The molecule has 0 rings (SSSR count). The highest BCUT2D eigenvalue weighted by Gasteiger charge is 1.55. The summed E-state index contributed by atoms with van der Waals surface area (Å²) < 4.78 is 18.6. The molecule has 0 aliphatic rings. The van der Waals surface area contributed by atoms with Crippen molar-refractivity contribution >= 4 is 10.7 Å². The summed E-state index contributed by atoms with van der Waals surface area (Å²) in [6, 6.07) is 0. The first kappa shape index (κ1) is 9.19. The van der Waals surface area contributed by atoms with E-state index >= 15 is 0 Å². The molecule has 0 aliphatic heterocycles. The Morgan fingerprint density at radius 1 is 1.50 bits per heavy atom. The Kier molecular flexibility index (Phi) is 7.19. The third-order valence-electron chi connectivity index (χ3n) is 0.149. The summed E-state index contributed by atoms with van der Waals surface area (Å²) in [7, 11) is -2.33. The maximum Gasteiger partial charge on any atom is 0.160 e. The summed E-state index contributed by atoms with van der Waals surface area (Å²) >= 11 is 0.